The molecule has 1 saturated heterocycles. The van der Waals surface area contributed by atoms with E-state index >= 15 is 0 Å². The molecular weight excluding hydrogens is 106 g/mol. The Hall–Kier alpha value is -0.120. The topological polar surface area (TPSA) is 43.7 Å². The fourth-order valence-electron chi connectivity index (χ4n) is 0.941. The normalized spacial score (nSPS) is 31.5. The summed E-state index contributed by atoms with van der Waals surface area (Å²) in [5.41, 5.74) is 0. The van der Waals surface area contributed by atoms with E-state index in [0.717, 1.165) is 13.0 Å². The molecule has 1 aliphatic heterocycles. The van der Waals surface area contributed by atoms with Crippen molar-refractivity contribution in [2.24, 2.45) is 0 Å². The van der Waals surface area contributed by atoms with Gasteiger partial charge in [0.25, 0.3) is 0 Å². The predicted molar refractivity (Wildman–Crippen MR) is 29.3 cm³/mol. The van der Waals surface area contributed by atoms with Crippen LogP contribution in [0.2, 0.25) is 0 Å². The molecule has 0 saturated carbocycles. The van der Waals surface area contributed by atoms with Crippen LogP contribution in [0.4, 0.5) is 0 Å². The molecule has 1 heterocycles. The number of β-amino-alcohol motifs (C(OH)–C–C–N with tert-alkyl or cyclic N) is 1. The van der Waals surface area contributed by atoms with Gasteiger partial charge in [-0.1, -0.05) is 0 Å². The van der Waals surface area contributed by atoms with E-state index in [1.165, 1.54) is 0 Å². The van der Waals surface area contributed by atoms with Crippen LogP contribution in [0.5, 0.6) is 0 Å². The summed E-state index contributed by atoms with van der Waals surface area (Å²) in [4.78, 5) is 1.81. The Morgan fingerprint density at radius 1 is 1.62 bits per heavy atom. The van der Waals surface area contributed by atoms with Gasteiger partial charge in [0, 0.05) is 13.1 Å². The van der Waals surface area contributed by atoms with Gasteiger partial charge in [0.15, 0.2) is 0 Å². The fourth-order valence-corrected chi connectivity index (χ4v) is 0.941. The van der Waals surface area contributed by atoms with Crippen LogP contribution >= 0.6 is 0 Å². The summed E-state index contributed by atoms with van der Waals surface area (Å²) in [7, 11) is 0. The molecule has 3 heteroatoms. The van der Waals surface area contributed by atoms with Crippen LogP contribution in [0, 0.1) is 0 Å². The molecule has 1 unspecified atom stereocenters. The average Bonchev–Trinajstić information content (AvgIpc) is 2.14. The molecule has 48 valence electrons. The highest BCUT2D eigenvalue weighted by Gasteiger charge is 2.18. The second-order valence-electron chi connectivity index (χ2n) is 2.16. The maximum absolute atomic E-state index is 8.88. The lowest BCUT2D eigenvalue weighted by atomic mass is 10.3. The molecule has 0 aromatic rings. The third kappa shape index (κ3) is 1.18. The minimum absolute atomic E-state index is 0.0804. The maximum atomic E-state index is 8.88. The quantitative estimate of drug-likeness (QED) is 0.463. The van der Waals surface area contributed by atoms with E-state index in [4.69, 9.17) is 10.2 Å². The Balaban J connectivity index is 2.22. The highest BCUT2D eigenvalue weighted by Crippen LogP contribution is 2.05. The van der Waals surface area contributed by atoms with Gasteiger partial charge in [-0.05, 0) is 6.42 Å². The molecule has 1 atom stereocenters. The first kappa shape index (κ1) is 6.01. The number of rotatable bonds is 1. The van der Waals surface area contributed by atoms with Crippen molar-refractivity contribution in [3.8, 4) is 0 Å². The second kappa shape index (κ2) is 2.44. The first-order valence-corrected chi connectivity index (χ1v) is 2.84. The lowest BCUT2D eigenvalue weighted by molar-refractivity contribution is 0.108. The summed E-state index contributed by atoms with van der Waals surface area (Å²) in [6.07, 6.45) is 0.600. The summed E-state index contributed by atoms with van der Waals surface area (Å²) >= 11 is 0. The van der Waals surface area contributed by atoms with Gasteiger partial charge >= 0.3 is 0 Å². The zero-order valence-corrected chi connectivity index (χ0v) is 4.75. The molecule has 8 heavy (non-hydrogen) atoms. The Bertz CT molecular complexity index is 76.8. The zero-order valence-electron chi connectivity index (χ0n) is 4.75. The zero-order chi connectivity index (χ0) is 5.98. The van der Waals surface area contributed by atoms with Gasteiger partial charge in [0.05, 0.1) is 12.8 Å². The highest BCUT2D eigenvalue weighted by molar-refractivity contribution is 4.71. The van der Waals surface area contributed by atoms with E-state index in [1.54, 1.807) is 0 Å². The van der Waals surface area contributed by atoms with Crippen molar-refractivity contribution >= 4 is 0 Å². The number of aliphatic hydroxyl groups is 2. The van der Waals surface area contributed by atoms with Gasteiger partial charge in [0.2, 0.25) is 0 Å². The van der Waals surface area contributed by atoms with Crippen LogP contribution in [0.1, 0.15) is 6.42 Å². The predicted octanol–water partition coefficient (Wildman–Crippen LogP) is -0.997. The number of nitrogens with zero attached hydrogens (tertiary/aromatic N) is 1. The lowest BCUT2D eigenvalue weighted by Crippen LogP contribution is -2.22. The summed E-state index contributed by atoms with van der Waals surface area (Å²) < 4.78 is 0. The molecule has 3 nitrogen and oxygen atoms in total. The minimum Gasteiger partial charge on any atom is -0.392 e. The lowest BCUT2D eigenvalue weighted by Gasteiger charge is -2.08. The molecule has 1 fully saturated rings. The third-order valence-electron chi connectivity index (χ3n) is 1.45. The van der Waals surface area contributed by atoms with Crippen LogP contribution in [0.25, 0.3) is 0 Å². The molecule has 0 amide bonds. The third-order valence-corrected chi connectivity index (χ3v) is 1.45. The van der Waals surface area contributed by atoms with E-state index < -0.39 is 0 Å². The van der Waals surface area contributed by atoms with Gasteiger partial charge in [-0.25, -0.2) is 0 Å². The van der Waals surface area contributed by atoms with Crippen LogP contribution in [-0.4, -0.2) is 41.0 Å². The van der Waals surface area contributed by atoms with Crippen LogP contribution in [0.15, 0.2) is 0 Å². The fraction of sp³-hybridized carbons (Fsp3) is 1.00. The molecule has 0 aromatic carbocycles. The van der Waals surface area contributed by atoms with E-state index in [-0.39, 0.29) is 12.8 Å². The highest BCUT2D eigenvalue weighted by atomic mass is 16.3. The van der Waals surface area contributed by atoms with Crippen molar-refractivity contribution in [1.29, 1.82) is 0 Å². The molecule has 0 aliphatic carbocycles. The van der Waals surface area contributed by atoms with Crippen LogP contribution in [-0.2, 0) is 0 Å². The van der Waals surface area contributed by atoms with Crippen molar-refractivity contribution in [3.05, 3.63) is 0 Å². The van der Waals surface area contributed by atoms with Crippen molar-refractivity contribution in [3.63, 3.8) is 0 Å². The van der Waals surface area contributed by atoms with Crippen molar-refractivity contribution in [2.45, 2.75) is 12.5 Å². The van der Waals surface area contributed by atoms with Crippen molar-refractivity contribution < 1.29 is 10.2 Å². The van der Waals surface area contributed by atoms with Crippen molar-refractivity contribution in [1.82, 2.24) is 4.90 Å². The molecule has 1 aliphatic rings. The molecule has 0 spiro atoms. The summed E-state index contributed by atoms with van der Waals surface area (Å²) in [6, 6.07) is 0. The van der Waals surface area contributed by atoms with Crippen LogP contribution < -0.4 is 0 Å². The smallest absolute Gasteiger partial charge is 0.0957 e. The molecular formula is C5H11NO2. The maximum Gasteiger partial charge on any atom is 0.0957 e. The molecule has 0 aromatic heterocycles. The van der Waals surface area contributed by atoms with E-state index in [2.05, 4.69) is 0 Å². The van der Waals surface area contributed by atoms with E-state index in [0.29, 0.717) is 6.54 Å². The van der Waals surface area contributed by atoms with E-state index in [9.17, 15) is 0 Å². The summed E-state index contributed by atoms with van der Waals surface area (Å²) in [5, 5.41) is 17.4. The number of aliphatic hydroxyl groups excluding tert-OH is 2. The van der Waals surface area contributed by atoms with E-state index in [1.807, 2.05) is 4.90 Å². The van der Waals surface area contributed by atoms with Gasteiger partial charge in [0.1, 0.15) is 0 Å². The van der Waals surface area contributed by atoms with Crippen LogP contribution in [0.3, 0.4) is 0 Å². The number of likely N-dealkylation sites (tertiary alicyclic amines) is 1. The molecule has 2 N–H and O–H groups in total. The summed E-state index contributed by atoms with van der Waals surface area (Å²) in [6.45, 7) is 1.55. The first-order valence-electron chi connectivity index (χ1n) is 2.84. The SMILES string of the molecule is OCN1CCC(O)C1. The summed E-state index contributed by atoms with van der Waals surface area (Å²) in [5.74, 6) is 0. The van der Waals surface area contributed by atoms with Gasteiger partial charge in [-0.2, -0.15) is 0 Å². The minimum atomic E-state index is -0.206. The number of hydrogen-bond donors (Lipinski definition) is 2. The first-order chi connectivity index (χ1) is 3.83. The van der Waals surface area contributed by atoms with Gasteiger partial charge in [-0.15, -0.1) is 0 Å². The Morgan fingerprint density at radius 2 is 2.38 bits per heavy atom. The monoisotopic (exact) mass is 117 g/mol. The largest absolute Gasteiger partial charge is 0.392 e. The standard InChI is InChI=1S/C5H11NO2/c7-4-6-2-1-5(8)3-6/h5,7-8H,1-4H2. The van der Waals surface area contributed by atoms with Gasteiger partial charge in [-0.3, -0.25) is 4.90 Å². The Labute approximate surface area is 48.5 Å². The Kier molecular flexibility index (Phi) is 1.83. The molecule has 0 radical (unpaired) electrons. The second-order valence-corrected chi connectivity index (χ2v) is 2.16. The average molecular weight is 117 g/mol. The Morgan fingerprint density at radius 3 is 2.62 bits per heavy atom. The molecule has 1 rings (SSSR count). The van der Waals surface area contributed by atoms with Crippen molar-refractivity contribution in [2.75, 3.05) is 19.8 Å². The molecule has 0 bridgehead atoms. The van der Waals surface area contributed by atoms with Gasteiger partial charge < -0.3 is 10.2 Å². The number of hydrogen-bond acceptors (Lipinski definition) is 3.